The van der Waals surface area contributed by atoms with Gasteiger partial charge in [0.05, 0.1) is 17.2 Å². The fraction of sp³-hybridized carbons (Fsp3) is 0.222. The molecule has 0 unspecified atom stereocenters. The van der Waals surface area contributed by atoms with Gasteiger partial charge in [-0.2, -0.15) is 4.37 Å². The molecule has 0 spiro atoms. The number of halogens is 2. The molecule has 1 heterocycles. The van der Waals surface area contributed by atoms with Gasteiger partial charge in [0.1, 0.15) is 11.6 Å². The van der Waals surface area contributed by atoms with Crippen LogP contribution in [0.1, 0.15) is 17.0 Å². The molecule has 0 aliphatic carbocycles. The van der Waals surface area contributed by atoms with Crippen molar-refractivity contribution in [1.82, 2.24) is 9.36 Å². The lowest BCUT2D eigenvalue weighted by atomic mass is 10.1. The number of anilines is 1. The van der Waals surface area contributed by atoms with Crippen LogP contribution in [-0.4, -0.2) is 23.0 Å². The quantitative estimate of drug-likeness (QED) is 0.606. The molecule has 0 radical (unpaired) electrons. The molecule has 0 bridgehead atoms. The lowest BCUT2D eigenvalue weighted by molar-refractivity contribution is 0.414. The van der Waals surface area contributed by atoms with Gasteiger partial charge >= 0.3 is 0 Å². The fourth-order valence-corrected chi connectivity index (χ4v) is 3.30. The summed E-state index contributed by atoms with van der Waals surface area (Å²) >= 11 is 13.3. The lowest BCUT2D eigenvalue weighted by Gasteiger charge is -2.04. The van der Waals surface area contributed by atoms with Crippen molar-refractivity contribution in [1.29, 1.82) is 0 Å². The van der Waals surface area contributed by atoms with Crippen molar-refractivity contribution in [3.8, 4) is 5.75 Å². The van der Waals surface area contributed by atoms with Crippen molar-refractivity contribution in [3.63, 3.8) is 0 Å². The minimum absolute atomic E-state index is 0.574. The molecule has 130 valence electrons. The molecule has 0 aliphatic rings. The minimum atomic E-state index is 0.574. The van der Waals surface area contributed by atoms with Crippen LogP contribution in [0.25, 0.3) is 0 Å². The van der Waals surface area contributed by atoms with Crippen LogP contribution in [0.15, 0.2) is 42.5 Å². The maximum atomic E-state index is 6.03. The summed E-state index contributed by atoms with van der Waals surface area (Å²) < 4.78 is 9.65. The van der Waals surface area contributed by atoms with Crippen LogP contribution in [0.4, 0.5) is 5.13 Å². The van der Waals surface area contributed by atoms with Crippen LogP contribution in [0, 0.1) is 0 Å². The third-order valence-corrected chi connectivity index (χ3v) is 5.09. The zero-order valence-electron chi connectivity index (χ0n) is 13.6. The Kier molecular flexibility index (Phi) is 6.13. The smallest absolute Gasteiger partial charge is 0.202 e. The monoisotopic (exact) mass is 393 g/mol. The van der Waals surface area contributed by atoms with Gasteiger partial charge in [-0.3, -0.25) is 0 Å². The number of nitrogens with zero attached hydrogens (tertiary/aromatic N) is 2. The number of methoxy groups -OCH3 is 1. The molecular weight excluding hydrogens is 377 g/mol. The molecule has 1 N–H and O–H groups in total. The van der Waals surface area contributed by atoms with Gasteiger partial charge in [0, 0.05) is 24.5 Å². The van der Waals surface area contributed by atoms with Crippen molar-refractivity contribution >= 4 is 39.9 Å². The molecule has 0 atom stereocenters. The van der Waals surface area contributed by atoms with Gasteiger partial charge in [0.25, 0.3) is 0 Å². The van der Waals surface area contributed by atoms with E-state index in [-0.39, 0.29) is 0 Å². The van der Waals surface area contributed by atoms with Gasteiger partial charge < -0.3 is 10.1 Å². The Balaban J connectivity index is 1.53. The van der Waals surface area contributed by atoms with E-state index >= 15 is 0 Å². The standard InChI is InChI=1S/C18H17Cl2N3OS/c1-24-14-4-2-3-13(9-14)11-17-22-18(25-23-17)21-8-7-12-5-6-15(19)16(20)10-12/h2-6,9-10H,7-8,11H2,1H3,(H,21,22,23). The zero-order chi connectivity index (χ0) is 17.6. The second-order valence-electron chi connectivity index (χ2n) is 5.47. The van der Waals surface area contributed by atoms with Crippen LogP contribution in [0.3, 0.4) is 0 Å². The first-order valence-corrected chi connectivity index (χ1v) is 9.30. The van der Waals surface area contributed by atoms with Crippen molar-refractivity contribution in [2.45, 2.75) is 12.8 Å². The zero-order valence-corrected chi connectivity index (χ0v) is 16.0. The molecule has 0 aliphatic heterocycles. The number of nitrogens with one attached hydrogen (secondary N) is 1. The topological polar surface area (TPSA) is 47.0 Å². The molecule has 25 heavy (non-hydrogen) atoms. The Labute approximate surface area is 160 Å². The molecule has 1 aromatic heterocycles. The number of benzene rings is 2. The van der Waals surface area contributed by atoms with E-state index in [1.54, 1.807) is 7.11 Å². The first-order valence-electron chi connectivity index (χ1n) is 7.77. The summed E-state index contributed by atoms with van der Waals surface area (Å²) in [6, 6.07) is 13.6. The fourth-order valence-electron chi connectivity index (χ4n) is 2.37. The van der Waals surface area contributed by atoms with Crippen molar-refractivity contribution in [2.75, 3.05) is 19.0 Å². The molecule has 3 rings (SSSR count). The summed E-state index contributed by atoms with van der Waals surface area (Å²) in [5.74, 6) is 1.64. The van der Waals surface area contributed by atoms with E-state index in [2.05, 4.69) is 14.7 Å². The van der Waals surface area contributed by atoms with Crippen molar-refractivity contribution < 1.29 is 4.74 Å². The Hall–Kier alpha value is -1.82. The maximum absolute atomic E-state index is 6.03. The number of hydrogen-bond acceptors (Lipinski definition) is 5. The van der Waals surface area contributed by atoms with E-state index in [4.69, 9.17) is 27.9 Å². The Morgan fingerprint density at radius 1 is 1.08 bits per heavy atom. The van der Waals surface area contributed by atoms with Crippen molar-refractivity contribution in [2.24, 2.45) is 0 Å². The lowest BCUT2D eigenvalue weighted by Crippen LogP contribution is -2.04. The highest BCUT2D eigenvalue weighted by molar-refractivity contribution is 7.09. The maximum Gasteiger partial charge on any atom is 0.202 e. The summed E-state index contributed by atoms with van der Waals surface area (Å²) in [6.45, 7) is 0.756. The highest BCUT2D eigenvalue weighted by Crippen LogP contribution is 2.23. The molecule has 3 aromatic rings. The summed E-state index contributed by atoms with van der Waals surface area (Å²) in [4.78, 5) is 4.53. The van der Waals surface area contributed by atoms with E-state index in [0.29, 0.717) is 16.5 Å². The van der Waals surface area contributed by atoms with E-state index < -0.39 is 0 Å². The Morgan fingerprint density at radius 3 is 2.76 bits per heavy atom. The second kappa shape index (κ2) is 8.52. The molecule has 0 fully saturated rings. The summed E-state index contributed by atoms with van der Waals surface area (Å²) in [5.41, 5.74) is 2.25. The first-order chi connectivity index (χ1) is 12.1. The van der Waals surface area contributed by atoms with E-state index in [0.717, 1.165) is 40.8 Å². The van der Waals surface area contributed by atoms with Crippen LogP contribution < -0.4 is 10.1 Å². The third kappa shape index (κ3) is 5.08. The Bertz CT molecular complexity index is 854. The second-order valence-corrected chi connectivity index (χ2v) is 7.04. The molecule has 7 heteroatoms. The highest BCUT2D eigenvalue weighted by atomic mass is 35.5. The predicted molar refractivity (Wildman–Crippen MR) is 104 cm³/mol. The minimum Gasteiger partial charge on any atom is -0.497 e. The van der Waals surface area contributed by atoms with Gasteiger partial charge in [-0.15, -0.1) is 0 Å². The summed E-state index contributed by atoms with van der Waals surface area (Å²) in [5, 5.41) is 5.27. The van der Waals surface area contributed by atoms with E-state index in [1.807, 2.05) is 42.5 Å². The first kappa shape index (κ1) is 18.0. The van der Waals surface area contributed by atoms with Gasteiger partial charge in [0.2, 0.25) is 5.13 Å². The van der Waals surface area contributed by atoms with Gasteiger partial charge in [-0.1, -0.05) is 41.4 Å². The highest BCUT2D eigenvalue weighted by Gasteiger charge is 2.06. The number of rotatable bonds is 7. The summed E-state index contributed by atoms with van der Waals surface area (Å²) in [7, 11) is 1.66. The third-order valence-electron chi connectivity index (χ3n) is 3.64. The van der Waals surface area contributed by atoms with Gasteiger partial charge in [0.15, 0.2) is 0 Å². The average Bonchev–Trinajstić information content (AvgIpc) is 3.05. The van der Waals surface area contributed by atoms with Crippen LogP contribution in [0.2, 0.25) is 10.0 Å². The van der Waals surface area contributed by atoms with Crippen LogP contribution in [-0.2, 0) is 12.8 Å². The molecule has 0 saturated heterocycles. The SMILES string of the molecule is COc1cccc(Cc2nsc(NCCc3ccc(Cl)c(Cl)c3)n2)c1. The number of hydrogen-bond donors (Lipinski definition) is 1. The Morgan fingerprint density at radius 2 is 1.96 bits per heavy atom. The molecule has 0 amide bonds. The average molecular weight is 394 g/mol. The van der Waals surface area contributed by atoms with Gasteiger partial charge in [-0.05, 0) is 41.8 Å². The van der Waals surface area contributed by atoms with Gasteiger partial charge in [-0.25, -0.2) is 4.98 Å². The number of aromatic nitrogens is 2. The van der Waals surface area contributed by atoms with E-state index in [1.165, 1.54) is 11.5 Å². The molecule has 2 aromatic carbocycles. The number of ether oxygens (including phenoxy) is 1. The molecule has 0 saturated carbocycles. The normalized spacial score (nSPS) is 10.7. The van der Waals surface area contributed by atoms with Crippen molar-refractivity contribution in [3.05, 3.63) is 69.5 Å². The van der Waals surface area contributed by atoms with Crippen LogP contribution >= 0.6 is 34.7 Å². The molecular formula is C18H17Cl2N3OS. The van der Waals surface area contributed by atoms with E-state index in [9.17, 15) is 0 Å². The molecule has 4 nitrogen and oxygen atoms in total. The summed E-state index contributed by atoms with van der Waals surface area (Å²) in [6.07, 6.45) is 1.52. The largest absolute Gasteiger partial charge is 0.497 e. The predicted octanol–water partition coefficient (Wildman–Crippen LogP) is 5.10. The van der Waals surface area contributed by atoms with Crippen LogP contribution in [0.5, 0.6) is 5.75 Å².